The highest BCUT2D eigenvalue weighted by atomic mass is 16.6. The van der Waals surface area contributed by atoms with Gasteiger partial charge in [0.15, 0.2) is 0 Å². The molecular formula is C14H26N2O3. The van der Waals surface area contributed by atoms with E-state index in [2.05, 4.69) is 0 Å². The number of amides is 2. The number of nitrogens with zero attached hydrogens (tertiary/aromatic N) is 2. The summed E-state index contributed by atoms with van der Waals surface area (Å²) in [6, 6.07) is 0. The minimum atomic E-state index is -0.838. The van der Waals surface area contributed by atoms with Crippen LogP contribution >= 0.6 is 0 Å². The van der Waals surface area contributed by atoms with Gasteiger partial charge in [-0.05, 0) is 41.0 Å². The van der Waals surface area contributed by atoms with Gasteiger partial charge in [-0.3, -0.25) is 9.69 Å². The Labute approximate surface area is 115 Å². The lowest BCUT2D eigenvalue weighted by Gasteiger charge is -2.45. The Morgan fingerprint density at radius 3 is 2.37 bits per heavy atom. The monoisotopic (exact) mass is 270 g/mol. The number of rotatable bonds is 2. The summed E-state index contributed by atoms with van der Waals surface area (Å²) in [7, 11) is 0. The van der Waals surface area contributed by atoms with Crippen LogP contribution in [-0.2, 0) is 9.53 Å². The Bertz CT molecular complexity index is 358. The van der Waals surface area contributed by atoms with Gasteiger partial charge in [0.25, 0.3) is 0 Å². The molecule has 0 aromatic heterocycles. The molecule has 0 aromatic carbocycles. The zero-order chi connectivity index (χ0) is 14.8. The SMILES string of the molecule is CCCN1CCN(C(=O)OC(C)(C)C)C(C)(C)C1=O. The first-order chi connectivity index (χ1) is 8.59. The van der Waals surface area contributed by atoms with Crippen molar-refractivity contribution in [2.75, 3.05) is 19.6 Å². The fourth-order valence-electron chi connectivity index (χ4n) is 2.22. The van der Waals surface area contributed by atoms with Crippen molar-refractivity contribution in [2.45, 2.75) is 59.1 Å². The summed E-state index contributed by atoms with van der Waals surface area (Å²) in [5.74, 6) is -0.00791. The molecule has 0 unspecified atom stereocenters. The quantitative estimate of drug-likeness (QED) is 0.773. The summed E-state index contributed by atoms with van der Waals surface area (Å²) in [4.78, 5) is 27.9. The van der Waals surface area contributed by atoms with Gasteiger partial charge in [-0.15, -0.1) is 0 Å². The smallest absolute Gasteiger partial charge is 0.411 e. The van der Waals surface area contributed by atoms with Gasteiger partial charge in [0.2, 0.25) is 5.91 Å². The molecule has 1 aliphatic rings. The van der Waals surface area contributed by atoms with Crippen LogP contribution in [0.2, 0.25) is 0 Å². The van der Waals surface area contributed by atoms with Gasteiger partial charge in [0.05, 0.1) is 0 Å². The lowest BCUT2D eigenvalue weighted by molar-refractivity contribution is -0.148. The molecule has 1 saturated heterocycles. The van der Waals surface area contributed by atoms with E-state index in [0.717, 1.165) is 13.0 Å². The Kier molecular flexibility index (Phi) is 4.48. The zero-order valence-corrected chi connectivity index (χ0v) is 12.9. The van der Waals surface area contributed by atoms with Crippen molar-refractivity contribution in [1.29, 1.82) is 0 Å². The minimum Gasteiger partial charge on any atom is -0.444 e. The third-order valence-corrected chi connectivity index (χ3v) is 3.19. The van der Waals surface area contributed by atoms with Crippen LogP contribution < -0.4 is 0 Å². The van der Waals surface area contributed by atoms with Crippen LogP contribution in [0, 0.1) is 0 Å². The van der Waals surface area contributed by atoms with E-state index in [0.29, 0.717) is 13.1 Å². The Hall–Kier alpha value is -1.26. The Morgan fingerprint density at radius 2 is 1.89 bits per heavy atom. The predicted molar refractivity (Wildman–Crippen MR) is 73.9 cm³/mol. The highest BCUT2D eigenvalue weighted by molar-refractivity contribution is 5.90. The largest absolute Gasteiger partial charge is 0.444 e. The summed E-state index contributed by atoms with van der Waals surface area (Å²) < 4.78 is 5.37. The first-order valence-electron chi connectivity index (χ1n) is 6.89. The normalized spacial score (nSPS) is 19.6. The van der Waals surface area contributed by atoms with Gasteiger partial charge < -0.3 is 9.64 Å². The van der Waals surface area contributed by atoms with E-state index in [4.69, 9.17) is 4.74 Å². The fourth-order valence-corrected chi connectivity index (χ4v) is 2.22. The van der Waals surface area contributed by atoms with Crippen LogP contribution in [0.5, 0.6) is 0 Å². The molecule has 1 heterocycles. The van der Waals surface area contributed by atoms with E-state index < -0.39 is 17.2 Å². The van der Waals surface area contributed by atoms with E-state index in [9.17, 15) is 9.59 Å². The maximum atomic E-state index is 12.4. The van der Waals surface area contributed by atoms with Crippen LogP contribution in [0.15, 0.2) is 0 Å². The highest BCUT2D eigenvalue weighted by Crippen LogP contribution is 2.25. The van der Waals surface area contributed by atoms with E-state index in [-0.39, 0.29) is 5.91 Å². The molecule has 1 rings (SSSR count). The first-order valence-corrected chi connectivity index (χ1v) is 6.89. The van der Waals surface area contributed by atoms with Crippen molar-refractivity contribution in [3.05, 3.63) is 0 Å². The third-order valence-electron chi connectivity index (χ3n) is 3.19. The van der Waals surface area contributed by atoms with Gasteiger partial charge in [0, 0.05) is 19.6 Å². The average Bonchev–Trinajstić information content (AvgIpc) is 2.22. The number of carbonyl (C=O) groups excluding carboxylic acids is 2. The van der Waals surface area contributed by atoms with E-state index in [1.165, 1.54) is 4.90 Å². The van der Waals surface area contributed by atoms with Gasteiger partial charge in [-0.2, -0.15) is 0 Å². The van der Waals surface area contributed by atoms with Gasteiger partial charge in [-0.1, -0.05) is 6.92 Å². The molecular weight excluding hydrogens is 244 g/mol. The first kappa shape index (κ1) is 15.8. The van der Waals surface area contributed by atoms with Crippen LogP contribution in [0.25, 0.3) is 0 Å². The summed E-state index contributed by atoms with van der Waals surface area (Å²) in [5, 5.41) is 0. The lowest BCUT2D eigenvalue weighted by Crippen LogP contribution is -2.65. The van der Waals surface area contributed by atoms with Crippen molar-refractivity contribution >= 4 is 12.0 Å². The maximum absolute atomic E-state index is 12.4. The highest BCUT2D eigenvalue weighted by Gasteiger charge is 2.45. The molecule has 0 aliphatic carbocycles. The topological polar surface area (TPSA) is 49.9 Å². The number of hydrogen-bond acceptors (Lipinski definition) is 3. The molecule has 19 heavy (non-hydrogen) atoms. The van der Waals surface area contributed by atoms with Gasteiger partial charge in [-0.25, -0.2) is 4.79 Å². The summed E-state index contributed by atoms with van der Waals surface area (Å²) in [5.41, 5.74) is -1.38. The molecule has 5 heteroatoms. The molecule has 2 amide bonds. The van der Waals surface area contributed by atoms with Crippen LogP contribution in [0.4, 0.5) is 4.79 Å². The Morgan fingerprint density at radius 1 is 1.32 bits per heavy atom. The molecule has 0 N–H and O–H groups in total. The summed E-state index contributed by atoms with van der Waals surface area (Å²) in [6.07, 6.45) is 0.510. The number of piperazine rings is 1. The summed E-state index contributed by atoms with van der Waals surface area (Å²) >= 11 is 0. The second-order valence-corrected chi connectivity index (χ2v) is 6.48. The van der Waals surface area contributed by atoms with Crippen molar-refractivity contribution in [2.24, 2.45) is 0 Å². The molecule has 0 radical (unpaired) electrons. The minimum absolute atomic E-state index is 0.00791. The maximum Gasteiger partial charge on any atom is 0.411 e. The van der Waals surface area contributed by atoms with E-state index in [1.807, 2.05) is 32.6 Å². The molecule has 5 nitrogen and oxygen atoms in total. The number of carbonyl (C=O) groups is 2. The molecule has 0 saturated carbocycles. The molecule has 0 atom stereocenters. The molecule has 0 spiro atoms. The van der Waals surface area contributed by atoms with Crippen molar-refractivity contribution in [3.63, 3.8) is 0 Å². The van der Waals surface area contributed by atoms with Crippen LogP contribution in [-0.4, -0.2) is 52.6 Å². The van der Waals surface area contributed by atoms with Crippen molar-refractivity contribution in [1.82, 2.24) is 9.80 Å². The second-order valence-electron chi connectivity index (χ2n) is 6.48. The van der Waals surface area contributed by atoms with Crippen LogP contribution in [0.3, 0.4) is 0 Å². The van der Waals surface area contributed by atoms with Gasteiger partial charge >= 0.3 is 6.09 Å². The Balaban J connectivity index is 2.83. The number of hydrogen-bond donors (Lipinski definition) is 0. The van der Waals surface area contributed by atoms with E-state index >= 15 is 0 Å². The molecule has 1 aliphatic heterocycles. The third kappa shape index (κ3) is 3.61. The molecule has 0 bridgehead atoms. The summed E-state index contributed by atoms with van der Waals surface area (Å²) in [6.45, 7) is 12.9. The van der Waals surface area contributed by atoms with Gasteiger partial charge in [0.1, 0.15) is 11.1 Å². The number of ether oxygens (including phenoxy) is 1. The lowest BCUT2D eigenvalue weighted by atomic mass is 9.98. The second kappa shape index (κ2) is 5.39. The van der Waals surface area contributed by atoms with Crippen molar-refractivity contribution in [3.8, 4) is 0 Å². The zero-order valence-electron chi connectivity index (χ0n) is 12.9. The molecule has 1 fully saturated rings. The fraction of sp³-hybridized carbons (Fsp3) is 0.857. The standard InChI is InChI=1S/C14H26N2O3/c1-7-8-15-9-10-16(14(5,6)11(15)17)12(18)19-13(2,3)4/h7-10H2,1-6H3. The predicted octanol–water partition coefficient (Wildman–Crippen LogP) is 2.25. The van der Waals surface area contributed by atoms with E-state index in [1.54, 1.807) is 13.8 Å². The van der Waals surface area contributed by atoms with Crippen molar-refractivity contribution < 1.29 is 14.3 Å². The average molecular weight is 270 g/mol. The molecule has 110 valence electrons. The van der Waals surface area contributed by atoms with Crippen LogP contribution in [0.1, 0.15) is 48.0 Å². The molecule has 0 aromatic rings.